The van der Waals surface area contributed by atoms with Gasteiger partial charge in [0.2, 0.25) is 0 Å². The summed E-state index contributed by atoms with van der Waals surface area (Å²) in [6, 6.07) is 6.18. The van der Waals surface area contributed by atoms with E-state index in [4.69, 9.17) is 5.26 Å². The third-order valence-corrected chi connectivity index (χ3v) is 2.58. The van der Waals surface area contributed by atoms with Gasteiger partial charge in [0.1, 0.15) is 5.56 Å². The number of nitriles is 1. The maximum Gasteiger partial charge on any atom is 0.345 e. The molecule has 94 valence electrons. The Hall–Kier alpha value is -2.42. The molecule has 0 spiro atoms. The monoisotopic (exact) mass is 248 g/mol. The molecule has 1 rings (SSSR count). The molecule has 0 fully saturated rings. The smallest absolute Gasteiger partial charge is 0.345 e. The number of esters is 1. The van der Waals surface area contributed by atoms with E-state index in [1.165, 1.54) is 18.2 Å². The zero-order chi connectivity index (χ0) is 13.9. The molecule has 0 bridgehead atoms. The number of hydrogen-bond acceptors (Lipinski definition) is 5. The zero-order valence-electron chi connectivity index (χ0n) is 10.3. The molecule has 0 saturated carbocycles. The Labute approximate surface area is 104 Å². The number of nitro groups is 1. The minimum absolute atomic E-state index is 0.170. The van der Waals surface area contributed by atoms with Crippen LogP contribution in [-0.2, 0) is 10.2 Å². The van der Waals surface area contributed by atoms with E-state index in [-0.39, 0.29) is 16.8 Å². The van der Waals surface area contributed by atoms with E-state index in [9.17, 15) is 14.9 Å². The predicted molar refractivity (Wildman–Crippen MR) is 63.1 cm³/mol. The van der Waals surface area contributed by atoms with Gasteiger partial charge in [-0.05, 0) is 19.4 Å². The quantitative estimate of drug-likeness (QED) is 0.464. The van der Waals surface area contributed by atoms with Crippen LogP contribution in [-0.4, -0.2) is 18.0 Å². The molecular formula is C12H12N2O4. The fourth-order valence-corrected chi connectivity index (χ4v) is 1.59. The largest absolute Gasteiger partial charge is 0.465 e. The van der Waals surface area contributed by atoms with Crippen molar-refractivity contribution >= 4 is 11.7 Å². The summed E-state index contributed by atoms with van der Waals surface area (Å²) in [6.45, 7) is 3.16. The highest BCUT2D eigenvalue weighted by Crippen LogP contribution is 2.32. The molecule has 0 aliphatic carbocycles. The molecule has 0 radical (unpaired) electrons. The van der Waals surface area contributed by atoms with E-state index in [2.05, 4.69) is 4.74 Å². The fraction of sp³-hybridized carbons (Fsp3) is 0.333. The number of carbonyl (C=O) groups excluding carboxylic acids is 1. The summed E-state index contributed by atoms with van der Waals surface area (Å²) in [4.78, 5) is 21.9. The number of hydrogen-bond donors (Lipinski definition) is 0. The predicted octanol–water partition coefficient (Wildman–Crippen LogP) is 2.18. The van der Waals surface area contributed by atoms with E-state index in [0.29, 0.717) is 0 Å². The van der Waals surface area contributed by atoms with Gasteiger partial charge < -0.3 is 4.74 Å². The summed E-state index contributed by atoms with van der Waals surface area (Å²) in [5.74, 6) is -0.819. The van der Waals surface area contributed by atoms with E-state index < -0.39 is 16.3 Å². The second kappa shape index (κ2) is 4.84. The standard InChI is InChI=1S/C12H12N2O4/c1-12(2,7-13)8-5-4-6-9(14(16)17)10(8)11(15)18-3/h4-6H,1-3H3. The highest BCUT2D eigenvalue weighted by atomic mass is 16.6. The lowest BCUT2D eigenvalue weighted by atomic mass is 9.82. The first-order valence-corrected chi connectivity index (χ1v) is 5.12. The number of rotatable bonds is 3. The van der Waals surface area contributed by atoms with Crippen molar-refractivity contribution in [3.8, 4) is 6.07 Å². The summed E-state index contributed by atoms with van der Waals surface area (Å²) in [7, 11) is 1.14. The van der Waals surface area contributed by atoms with E-state index in [1.54, 1.807) is 13.8 Å². The van der Waals surface area contributed by atoms with Crippen molar-refractivity contribution in [2.24, 2.45) is 0 Å². The van der Waals surface area contributed by atoms with E-state index >= 15 is 0 Å². The van der Waals surface area contributed by atoms with Crippen molar-refractivity contribution in [3.63, 3.8) is 0 Å². The van der Waals surface area contributed by atoms with Crippen LogP contribution in [0.2, 0.25) is 0 Å². The van der Waals surface area contributed by atoms with Crippen LogP contribution in [0.1, 0.15) is 29.8 Å². The second-order valence-electron chi connectivity index (χ2n) is 4.19. The highest BCUT2D eigenvalue weighted by Gasteiger charge is 2.32. The van der Waals surface area contributed by atoms with Gasteiger partial charge in [-0.1, -0.05) is 12.1 Å². The van der Waals surface area contributed by atoms with Crippen LogP contribution in [0.15, 0.2) is 18.2 Å². The summed E-state index contributed by atoms with van der Waals surface area (Å²) in [6.07, 6.45) is 0. The molecule has 0 aliphatic rings. The first-order valence-electron chi connectivity index (χ1n) is 5.12. The Bertz CT molecular complexity index is 543. The molecule has 6 heteroatoms. The number of carbonyl (C=O) groups is 1. The van der Waals surface area contributed by atoms with Crippen molar-refractivity contribution in [2.75, 3.05) is 7.11 Å². The Morgan fingerprint density at radius 3 is 2.56 bits per heavy atom. The Morgan fingerprint density at radius 1 is 1.50 bits per heavy atom. The van der Waals surface area contributed by atoms with E-state index in [0.717, 1.165) is 7.11 Å². The van der Waals surface area contributed by atoms with Crippen LogP contribution in [0.5, 0.6) is 0 Å². The Morgan fingerprint density at radius 2 is 2.11 bits per heavy atom. The van der Waals surface area contributed by atoms with Crippen LogP contribution in [0.25, 0.3) is 0 Å². The zero-order valence-corrected chi connectivity index (χ0v) is 10.3. The number of benzene rings is 1. The molecule has 0 N–H and O–H groups in total. The summed E-state index contributed by atoms with van der Waals surface area (Å²) in [5.41, 5.74) is -1.26. The third-order valence-electron chi connectivity index (χ3n) is 2.58. The third kappa shape index (κ3) is 2.30. The van der Waals surface area contributed by atoms with Gasteiger partial charge in [-0.25, -0.2) is 4.79 Å². The fourth-order valence-electron chi connectivity index (χ4n) is 1.59. The van der Waals surface area contributed by atoms with Gasteiger partial charge in [-0.3, -0.25) is 10.1 Å². The number of methoxy groups -OCH3 is 1. The van der Waals surface area contributed by atoms with Crippen molar-refractivity contribution < 1.29 is 14.5 Å². The van der Waals surface area contributed by atoms with Crippen LogP contribution in [0.4, 0.5) is 5.69 Å². The number of nitro benzene ring substituents is 1. The maximum atomic E-state index is 11.7. The second-order valence-corrected chi connectivity index (χ2v) is 4.19. The average Bonchev–Trinajstić information content (AvgIpc) is 2.36. The lowest BCUT2D eigenvalue weighted by Gasteiger charge is -2.18. The van der Waals surface area contributed by atoms with Crippen molar-refractivity contribution in [3.05, 3.63) is 39.4 Å². The molecule has 1 aromatic rings. The minimum Gasteiger partial charge on any atom is -0.465 e. The molecule has 6 nitrogen and oxygen atoms in total. The molecule has 0 aliphatic heterocycles. The number of nitrogens with zero attached hydrogens (tertiary/aromatic N) is 2. The summed E-state index contributed by atoms with van der Waals surface area (Å²) >= 11 is 0. The van der Waals surface area contributed by atoms with Crippen molar-refractivity contribution in [1.82, 2.24) is 0 Å². The van der Waals surface area contributed by atoms with Crippen molar-refractivity contribution in [2.45, 2.75) is 19.3 Å². The Balaban J connectivity index is 3.64. The average molecular weight is 248 g/mol. The van der Waals surface area contributed by atoms with Gasteiger partial charge in [-0.15, -0.1) is 0 Å². The first-order chi connectivity index (χ1) is 8.35. The van der Waals surface area contributed by atoms with Gasteiger partial charge in [-0.2, -0.15) is 5.26 Å². The lowest BCUT2D eigenvalue weighted by Crippen LogP contribution is -2.20. The van der Waals surface area contributed by atoms with Gasteiger partial charge >= 0.3 is 5.97 Å². The highest BCUT2D eigenvalue weighted by molar-refractivity contribution is 5.96. The SMILES string of the molecule is COC(=O)c1c([N+](=O)[O-])cccc1C(C)(C)C#N. The molecule has 0 amide bonds. The summed E-state index contributed by atoms with van der Waals surface area (Å²) in [5, 5.41) is 20.0. The van der Waals surface area contributed by atoms with Gasteiger partial charge in [0.25, 0.3) is 5.69 Å². The molecule has 1 aromatic carbocycles. The molecule has 0 atom stereocenters. The van der Waals surface area contributed by atoms with Crippen LogP contribution in [0, 0.1) is 21.4 Å². The summed E-state index contributed by atoms with van der Waals surface area (Å²) < 4.78 is 4.55. The van der Waals surface area contributed by atoms with Gasteiger partial charge in [0.05, 0.1) is 23.5 Å². The van der Waals surface area contributed by atoms with Crippen LogP contribution < -0.4 is 0 Å². The molecule has 0 aromatic heterocycles. The van der Waals surface area contributed by atoms with Crippen LogP contribution >= 0.6 is 0 Å². The van der Waals surface area contributed by atoms with Crippen LogP contribution in [0.3, 0.4) is 0 Å². The lowest BCUT2D eigenvalue weighted by molar-refractivity contribution is -0.385. The molecule has 0 heterocycles. The van der Waals surface area contributed by atoms with E-state index in [1.807, 2.05) is 6.07 Å². The molecule has 18 heavy (non-hydrogen) atoms. The minimum atomic E-state index is -1.02. The maximum absolute atomic E-state index is 11.7. The first kappa shape index (κ1) is 13.6. The van der Waals surface area contributed by atoms with Crippen molar-refractivity contribution in [1.29, 1.82) is 5.26 Å². The normalized spacial score (nSPS) is 10.6. The molecule has 0 unspecified atom stereocenters. The topological polar surface area (TPSA) is 93.2 Å². The van der Waals surface area contributed by atoms with Gasteiger partial charge in [0, 0.05) is 6.07 Å². The Kier molecular flexibility index (Phi) is 3.67. The number of ether oxygens (including phenoxy) is 1. The molecule has 0 saturated heterocycles. The van der Waals surface area contributed by atoms with Gasteiger partial charge in [0.15, 0.2) is 0 Å². The molecular weight excluding hydrogens is 236 g/mol.